The maximum Gasteiger partial charge on any atom is 0.229 e. The minimum absolute atomic E-state index is 0.0758. The molecular formula is C20H28N2O3. The van der Waals surface area contributed by atoms with E-state index in [-0.39, 0.29) is 55.5 Å². The van der Waals surface area contributed by atoms with Crippen molar-refractivity contribution in [1.82, 2.24) is 10.2 Å². The van der Waals surface area contributed by atoms with E-state index in [1.54, 1.807) is 0 Å². The summed E-state index contributed by atoms with van der Waals surface area (Å²) in [5, 5.41) is 3.05. The van der Waals surface area contributed by atoms with Gasteiger partial charge in [0.15, 0.2) is 0 Å². The Morgan fingerprint density at radius 1 is 1.12 bits per heavy atom. The van der Waals surface area contributed by atoms with E-state index in [0.29, 0.717) is 0 Å². The van der Waals surface area contributed by atoms with Crippen molar-refractivity contribution in [1.29, 1.82) is 0 Å². The number of nitrogens with zero attached hydrogens (tertiary/aromatic N) is 1. The molecule has 25 heavy (non-hydrogen) atoms. The Hall–Kier alpha value is -2.17. The van der Waals surface area contributed by atoms with Crippen LogP contribution in [0.3, 0.4) is 0 Å². The normalized spacial score (nSPS) is 15.8. The number of nitrogens with one attached hydrogen (secondary N) is 1. The van der Waals surface area contributed by atoms with Gasteiger partial charge in [0.2, 0.25) is 17.7 Å². The Balaban J connectivity index is 1.95. The molecule has 1 saturated heterocycles. The SMILES string of the molecule is CCCc1ccc(C(NC(=O)CCN2C(=O)CCC2=O)C(C)C)cc1. The van der Waals surface area contributed by atoms with E-state index < -0.39 is 0 Å². The number of aryl methyl sites for hydroxylation is 1. The molecule has 0 spiro atoms. The predicted octanol–water partition coefficient (Wildman–Crippen LogP) is 2.99. The minimum Gasteiger partial charge on any atom is -0.349 e. The number of benzene rings is 1. The van der Waals surface area contributed by atoms with Crippen LogP contribution in [0.1, 0.15) is 63.6 Å². The molecule has 2 rings (SSSR count). The Kier molecular flexibility index (Phi) is 6.73. The molecule has 0 aromatic heterocycles. The molecular weight excluding hydrogens is 316 g/mol. The van der Waals surface area contributed by atoms with Gasteiger partial charge in [-0.05, 0) is 23.5 Å². The molecule has 0 saturated carbocycles. The maximum atomic E-state index is 12.3. The van der Waals surface area contributed by atoms with Crippen molar-refractivity contribution in [2.45, 2.75) is 58.9 Å². The summed E-state index contributed by atoms with van der Waals surface area (Å²) in [5.74, 6) is -0.241. The molecule has 136 valence electrons. The van der Waals surface area contributed by atoms with E-state index in [1.165, 1.54) is 10.5 Å². The van der Waals surface area contributed by atoms with E-state index in [2.05, 4.69) is 50.4 Å². The monoisotopic (exact) mass is 344 g/mol. The molecule has 1 unspecified atom stereocenters. The van der Waals surface area contributed by atoms with Gasteiger partial charge in [-0.15, -0.1) is 0 Å². The molecule has 1 N–H and O–H groups in total. The van der Waals surface area contributed by atoms with E-state index in [4.69, 9.17) is 0 Å². The van der Waals surface area contributed by atoms with Crippen molar-refractivity contribution in [3.63, 3.8) is 0 Å². The van der Waals surface area contributed by atoms with Crippen molar-refractivity contribution in [2.75, 3.05) is 6.54 Å². The predicted molar refractivity (Wildman–Crippen MR) is 96.7 cm³/mol. The zero-order valence-electron chi connectivity index (χ0n) is 15.4. The average molecular weight is 344 g/mol. The second kappa shape index (κ2) is 8.79. The van der Waals surface area contributed by atoms with Crippen molar-refractivity contribution in [3.8, 4) is 0 Å². The van der Waals surface area contributed by atoms with E-state index in [9.17, 15) is 14.4 Å². The summed E-state index contributed by atoms with van der Waals surface area (Å²) in [6.07, 6.45) is 2.83. The first-order valence-electron chi connectivity index (χ1n) is 9.13. The molecule has 1 aliphatic rings. The molecule has 5 heteroatoms. The second-order valence-electron chi connectivity index (χ2n) is 6.97. The van der Waals surface area contributed by atoms with Crippen molar-refractivity contribution in [2.24, 2.45) is 5.92 Å². The fraction of sp³-hybridized carbons (Fsp3) is 0.550. The lowest BCUT2D eigenvalue weighted by molar-refractivity contribution is -0.138. The van der Waals surface area contributed by atoms with Crippen molar-refractivity contribution in [3.05, 3.63) is 35.4 Å². The summed E-state index contributed by atoms with van der Waals surface area (Å²) in [6, 6.07) is 8.30. The molecule has 1 atom stereocenters. The van der Waals surface area contributed by atoms with Crippen LogP contribution in [-0.4, -0.2) is 29.2 Å². The third-order valence-electron chi connectivity index (χ3n) is 4.58. The number of imide groups is 1. The lowest BCUT2D eigenvalue weighted by atomic mass is 9.94. The smallest absolute Gasteiger partial charge is 0.229 e. The highest BCUT2D eigenvalue weighted by atomic mass is 16.2. The van der Waals surface area contributed by atoms with Crippen molar-refractivity contribution < 1.29 is 14.4 Å². The van der Waals surface area contributed by atoms with Gasteiger partial charge in [-0.3, -0.25) is 19.3 Å². The van der Waals surface area contributed by atoms with Crippen LogP contribution in [0.2, 0.25) is 0 Å². The first-order chi connectivity index (χ1) is 11.9. The molecule has 3 amide bonds. The van der Waals surface area contributed by atoms with Gasteiger partial charge in [0.05, 0.1) is 6.04 Å². The van der Waals surface area contributed by atoms with Gasteiger partial charge in [-0.25, -0.2) is 0 Å². The van der Waals surface area contributed by atoms with Gasteiger partial charge in [-0.2, -0.15) is 0 Å². The standard InChI is InChI=1S/C20H28N2O3/c1-4-5-15-6-8-16(9-7-15)20(14(2)3)21-17(23)12-13-22-18(24)10-11-19(22)25/h6-9,14,20H,4-5,10-13H2,1-3H3,(H,21,23). The topological polar surface area (TPSA) is 66.5 Å². The van der Waals surface area contributed by atoms with Crippen LogP contribution < -0.4 is 5.32 Å². The molecule has 0 radical (unpaired) electrons. The molecule has 1 heterocycles. The van der Waals surface area contributed by atoms with Gasteiger partial charge >= 0.3 is 0 Å². The summed E-state index contributed by atoms with van der Waals surface area (Å²) in [7, 11) is 0. The average Bonchev–Trinajstić information content (AvgIpc) is 2.90. The van der Waals surface area contributed by atoms with Crippen LogP contribution in [0.15, 0.2) is 24.3 Å². The molecule has 5 nitrogen and oxygen atoms in total. The van der Waals surface area contributed by atoms with Crippen molar-refractivity contribution >= 4 is 17.7 Å². The number of carbonyl (C=O) groups is 3. The lowest BCUT2D eigenvalue weighted by Gasteiger charge is -2.24. The molecule has 0 bridgehead atoms. The molecule has 1 aliphatic heterocycles. The fourth-order valence-electron chi connectivity index (χ4n) is 3.15. The number of hydrogen-bond donors (Lipinski definition) is 1. The number of hydrogen-bond acceptors (Lipinski definition) is 3. The first kappa shape index (κ1) is 19.2. The van der Waals surface area contributed by atoms with Crippen LogP contribution in [0, 0.1) is 5.92 Å². The Morgan fingerprint density at radius 2 is 1.72 bits per heavy atom. The van der Waals surface area contributed by atoms with E-state index >= 15 is 0 Å². The maximum absolute atomic E-state index is 12.3. The number of rotatable bonds is 8. The van der Waals surface area contributed by atoms with E-state index in [1.807, 2.05) is 0 Å². The third-order valence-corrected chi connectivity index (χ3v) is 4.58. The number of likely N-dealkylation sites (tertiary alicyclic amines) is 1. The third kappa shape index (κ3) is 5.15. The molecule has 1 aromatic rings. The summed E-state index contributed by atoms with van der Waals surface area (Å²) >= 11 is 0. The van der Waals surface area contributed by atoms with Crippen LogP contribution in [0.5, 0.6) is 0 Å². The zero-order valence-corrected chi connectivity index (χ0v) is 15.4. The van der Waals surface area contributed by atoms with Gasteiger partial charge in [0, 0.05) is 25.8 Å². The Labute approximate surface area is 149 Å². The first-order valence-corrected chi connectivity index (χ1v) is 9.13. The molecule has 0 aliphatic carbocycles. The van der Waals surface area contributed by atoms with Crippen LogP contribution in [0.25, 0.3) is 0 Å². The highest BCUT2D eigenvalue weighted by Gasteiger charge is 2.29. The lowest BCUT2D eigenvalue weighted by Crippen LogP contribution is -2.36. The van der Waals surface area contributed by atoms with E-state index in [0.717, 1.165) is 18.4 Å². The molecule has 1 fully saturated rings. The Morgan fingerprint density at radius 3 is 2.24 bits per heavy atom. The van der Waals surface area contributed by atoms with Gasteiger partial charge in [0.25, 0.3) is 0 Å². The summed E-state index contributed by atoms with van der Waals surface area (Å²) in [6.45, 7) is 6.46. The summed E-state index contributed by atoms with van der Waals surface area (Å²) in [4.78, 5) is 36.7. The zero-order chi connectivity index (χ0) is 18.4. The largest absolute Gasteiger partial charge is 0.349 e. The highest BCUT2D eigenvalue weighted by molar-refractivity contribution is 6.02. The highest BCUT2D eigenvalue weighted by Crippen LogP contribution is 2.23. The van der Waals surface area contributed by atoms with Gasteiger partial charge < -0.3 is 5.32 Å². The molecule has 1 aromatic carbocycles. The van der Waals surface area contributed by atoms with Crippen LogP contribution in [0.4, 0.5) is 0 Å². The fourth-order valence-corrected chi connectivity index (χ4v) is 3.15. The van der Waals surface area contributed by atoms with Crippen LogP contribution >= 0.6 is 0 Å². The second-order valence-corrected chi connectivity index (χ2v) is 6.97. The van der Waals surface area contributed by atoms with Gasteiger partial charge in [-0.1, -0.05) is 51.5 Å². The Bertz CT molecular complexity index is 606. The number of amides is 3. The number of carbonyl (C=O) groups excluding carboxylic acids is 3. The summed E-state index contributed by atoms with van der Waals surface area (Å²) < 4.78 is 0. The minimum atomic E-state index is -0.176. The quantitative estimate of drug-likeness (QED) is 0.737. The van der Waals surface area contributed by atoms with Gasteiger partial charge in [0.1, 0.15) is 0 Å². The van der Waals surface area contributed by atoms with Crippen LogP contribution in [-0.2, 0) is 20.8 Å². The summed E-state index contributed by atoms with van der Waals surface area (Å²) in [5.41, 5.74) is 2.38.